The normalized spacial score (nSPS) is 12.6. The lowest BCUT2D eigenvalue weighted by molar-refractivity contribution is 0.392. The van der Waals surface area contributed by atoms with Gasteiger partial charge in [-0.1, -0.05) is 58.6 Å². The second-order valence-corrected chi connectivity index (χ2v) is 8.58. The Labute approximate surface area is 156 Å². The van der Waals surface area contributed by atoms with Gasteiger partial charge in [-0.15, -0.1) is 0 Å². The van der Waals surface area contributed by atoms with Crippen LogP contribution in [-0.2, 0) is 11.8 Å². The van der Waals surface area contributed by atoms with Crippen LogP contribution >= 0.6 is 0 Å². The van der Waals surface area contributed by atoms with Crippen LogP contribution in [0.5, 0.6) is 5.75 Å². The molecule has 1 heteroatoms. The van der Waals surface area contributed by atoms with E-state index in [1.54, 1.807) is 0 Å². The van der Waals surface area contributed by atoms with Crippen molar-refractivity contribution in [3.8, 4) is 5.75 Å². The summed E-state index contributed by atoms with van der Waals surface area (Å²) in [5, 5.41) is 0. The Hall–Kier alpha value is -1.24. The van der Waals surface area contributed by atoms with Gasteiger partial charge in [0.05, 0.1) is 7.11 Å². The molecule has 0 aliphatic rings. The predicted molar refractivity (Wildman–Crippen MR) is 112 cm³/mol. The first-order chi connectivity index (χ1) is 11.6. The van der Waals surface area contributed by atoms with Gasteiger partial charge in [-0.05, 0) is 74.6 Å². The van der Waals surface area contributed by atoms with Crippen LogP contribution in [0.25, 0.3) is 0 Å². The molecule has 0 bridgehead atoms. The van der Waals surface area contributed by atoms with Crippen molar-refractivity contribution in [3.05, 3.63) is 39.5 Å². The minimum absolute atomic E-state index is 0.0762. The summed E-state index contributed by atoms with van der Waals surface area (Å²) in [6.07, 6.45) is 10.0. The van der Waals surface area contributed by atoms with E-state index in [0.29, 0.717) is 0 Å². The van der Waals surface area contributed by atoms with Gasteiger partial charge < -0.3 is 4.74 Å². The first kappa shape index (κ1) is 21.8. The maximum absolute atomic E-state index is 5.86. The predicted octanol–water partition coefficient (Wildman–Crippen LogP) is 7.38. The van der Waals surface area contributed by atoms with Crippen molar-refractivity contribution in [2.45, 2.75) is 99.3 Å². The minimum Gasteiger partial charge on any atom is -0.496 e. The maximum Gasteiger partial charge on any atom is 0.126 e. The van der Waals surface area contributed by atoms with Crippen LogP contribution in [0.15, 0.2) is 11.6 Å². The van der Waals surface area contributed by atoms with Crippen molar-refractivity contribution in [1.82, 2.24) is 0 Å². The van der Waals surface area contributed by atoms with E-state index in [9.17, 15) is 0 Å². The lowest BCUT2D eigenvalue weighted by Crippen LogP contribution is -2.18. The molecule has 0 heterocycles. The molecule has 0 saturated carbocycles. The summed E-state index contributed by atoms with van der Waals surface area (Å²) < 4.78 is 5.86. The molecule has 1 aromatic rings. The van der Waals surface area contributed by atoms with Crippen LogP contribution in [0.3, 0.4) is 0 Å². The molecule has 0 unspecified atom stereocenters. The number of methoxy groups -OCH3 is 1. The van der Waals surface area contributed by atoms with Gasteiger partial charge in [-0.2, -0.15) is 0 Å². The van der Waals surface area contributed by atoms with E-state index in [4.69, 9.17) is 4.74 Å². The summed E-state index contributed by atoms with van der Waals surface area (Å²) in [6, 6.07) is 0. The van der Waals surface area contributed by atoms with E-state index in [1.165, 1.54) is 65.5 Å². The number of ether oxygens (including phenoxy) is 1. The average Bonchev–Trinajstić information content (AvgIpc) is 2.54. The van der Waals surface area contributed by atoms with Crippen LogP contribution in [0.2, 0.25) is 0 Å². The van der Waals surface area contributed by atoms with E-state index in [-0.39, 0.29) is 5.41 Å². The SMILES string of the molecule is CCCCCC/C(C)=C/Cc1c(C)c(C)c(C)c(OC)c1C(C)(C)C. The van der Waals surface area contributed by atoms with Crippen molar-refractivity contribution < 1.29 is 4.74 Å². The van der Waals surface area contributed by atoms with Crippen molar-refractivity contribution in [1.29, 1.82) is 0 Å². The molecule has 1 rings (SSSR count). The lowest BCUT2D eigenvalue weighted by Gasteiger charge is -2.29. The van der Waals surface area contributed by atoms with Crippen LogP contribution in [0, 0.1) is 20.8 Å². The highest BCUT2D eigenvalue weighted by Crippen LogP contribution is 2.41. The molecule has 0 spiro atoms. The molecule has 0 fully saturated rings. The van der Waals surface area contributed by atoms with E-state index >= 15 is 0 Å². The minimum atomic E-state index is 0.0762. The summed E-state index contributed by atoms with van der Waals surface area (Å²) >= 11 is 0. The molecule has 1 nitrogen and oxygen atoms in total. The van der Waals surface area contributed by atoms with Gasteiger partial charge in [-0.3, -0.25) is 0 Å². The maximum atomic E-state index is 5.86. The molecule has 142 valence electrons. The molecule has 0 amide bonds. The average molecular weight is 345 g/mol. The monoisotopic (exact) mass is 344 g/mol. The second-order valence-electron chi connectivity index (χ2n) is 8.58. The number of hydrogen-bond acceptors (Lipinski definition) is 1. The molecular weight excluding hydrogens is 304 g/mol. The summed E-state index contributed by atoms with van der Waals surface area (Å²) in [4.78, 5) is 0. The van der Waals surface area contributed by atoms with E-state index in [1.807, 2.05) is 7.11 Å². The molecule has 0 aliphatic heterocycles. The lowest BCUT2D eigenvalue weighted by atomic mass is 9.77. The van der Waals surface area contributed by atoms with Crippen molar-refractivity contribution in [2.75, 3.05) is 7.11 Å². The highest BCUT2D eigenvalue weighted by Gasteiger charge is 2.26. The van der Waals surface area contributed by atoms with Gasteiger partial charge in [-0.25, -0.2) is 0 Å². The number of benzene rings is 1. The molecule has 25 heavy (non-hydrogen) atoms. The summed E-state index contributed by atoms with van der Waals surface area (Å²) in [5.41, 5.74) is 8.52. The Morgan fingerprint density at radius 1 is 0.960 bits per heavy atom. The fourth-order valence-corrected chi connectivity index (χ4v) is 3.70. The van der Waals surface area contributed by atoms with Gasteiger partial charge in [0.1, 0.15) is 5.75 Å². The van der Waals surface area contributed by atoms with E-state index < -0.39 is 0 Å². The van der Waals surface area contributed by atoms with Crippen LogP contribution in [0.1, 0.15) is 94.5 Å². The fourth-order valence-electron chi connectivity index (χ4n) is 3.70. The third-order valence-electron chi connectivity index (χ3n) is 5.48. The second kappa shape index (κ2) is 9.46. The molecule has 1 aromatic carbocycles. The zero-order chi connectivity index (χ0) is 19.2. The fraction of sp³-hybridized carbons (Fsp3) is 0.667. The van der Waals surface area contributed by atoms with Gasteiger partial charge in [0.2, 0.25) is 0 Å². The van der Waals surface area contributed by atoms with E-state index in [2.05, 4.69) is 61.5 Å². The van der Waals surface area contributed by atoms with Crippen molar-refractivity contribution in [3.63, 3.8) is 0 Å². The van der Waals surface area contributed by atoms with Crippen LogP contribution in [0.4, 0.5) is 0 Å². The first-order valence-corrected chi connectivity index (χ1v) is 9.97. The zero-order valence-electron chi connectivity index (χ0n) is 18.2. The van der Waals surface area contributed by atoms with Crippen molar-refractivity contribution in [2.24, 2.45) is 0 Å². The molecule has 0 atom stereocenters. The Bertz CT molecular complexity index is 600. The summed E-state index contributed by atoms with van der Waals surface area (Å²) in [6.45, 7) is 18.1. The largest absolute Gasteiger partial charge is 0.496 e. The first-order valence-electron chi connectivity index (χ1n) is 9.97. The van der Waals surface area contributed by atoms with Gasteiger partial charge >= 0.3 is 0 Å². The molecule has 0 saturated heterocycles. The molecule has 0 aliphatic carbocycles. The number of rotatable bonds is 8. The quantitative estimate of drug-likeness (QED) is 0.353. The van der Waals surface area contributed by atoms with Gasteiger partial charge in [0.25, 0.3) is 0 Å². The molecule has 0 aromatic heterocycles. The Balaban J connectivity index is 3.19. The Morgan fingerprint density at radius 3 is 2.12 bits per heavy atom. The number of allylic oxidation sites excluding steroid dienone is 2. The molecule has 0 radical (unpaired) electrons. The zero-order valence-corrected chi connectivity index (χ0v) is 18.2. The standard InChI is InChI=1S/C24H40O/c1-10-11-12-13-14-17(2)15-16-21-19(4)18(3)20(5)23(25-9)22(21)24(6,7)8/h15H,10-14,16H2,1-9H3/b17-15+. The molecular formula is C24H40O. The highest BCUT2D eigenvalue weighted by atomic mass is 16.5. The van der Waals surface area contributed by atoms with Crippen molar-refractivity contribution >= 4 is 0 Å². The third-order valence-corrected chi connectivity index (χ3v) is 5.48. The van der Waals surface area contributed by atoms with Gasteiger partial charge in [0, 0.05) is 5.56 Å². The summed E-state index contributed by atoms with van der Waals surface area (Å²) in [5.74, 6) is 1.08. The summed E-state index contributed by atoms with van der Waals surface area (Å²) in [7, 11) is 1.81. The molecule has 0 N–H and O–H groups in total. The van der Waals surface area contributed by atoms with E-state index in [0.717, 1.165) is 12.2 Å². The smallest absolute Gasteiger partial charge is 0.126 e. The Kier molecular flexibility index (Phi) is 8.25. The van der Waals surface area contributed by atoms with Crippen LogP contribution in [-0.4, -0.2) is 7.11 Å². The highest BCUT2D eigenvalue weighted by molar-refractivity contribution is 5.57. The third kappa shape index (κ3) is 5.62. The topological polar surface area (TPSA) is 9.23 Å². The van der Waals surface area contributed by atoms with Crippen LogP contribution < -0.4 is 4.74 Å². The van der Waals surface area contributed by atoms with Gasteiger partial charge in [0.15, 0.2) is 0 Å². The number of unbranched alkanes of at least 4 members (excludes halogenated alkanes) is 3. The Morgan fingerprint density at radius 2 is 1.60 bits per heavy atom. The number of hydrogen-bond donors (Lipinski definition) is 0.